The Hall–Kier alpha value is -0.730. The fourth-order valence-corrected chi connectivity index (χ4v) is 1.58. The molecule has 0 aromatic carbocycles. The van der Waals surface area contributed by atoms with E-state index in [1.165, 1.54) is 32.1 Å². The number of guanidine groups is 1. The molecule has 0 heterocycles. The largest absolute Gasteiger partial charge is 0.349 e. The number of unbranched alkanes of at least 4 members (excludes halogenated alkanes) is 4. The van der Waals surface area contributed by atoms with Gasteiger partial charge < -0.3 is 9.80 Å². The van der Waals surface area contributed by atoms with Crippen LogP contribution >= 0.6 is 0 Å². The molecule has 0 aromatic heterocycles. The second-order valence-corrected chi connectivity index (χ2v) is 4.38. The molecular formula is C12H27N3. The summed E-state index contributed by atoms with van der Waals surface area (Å²) in [5.74, 6) is 1.06. The van der Waals surface area contributed by atoms with Gasteiger partial charge >= 0.3 is 0 Å². The van der Waals surface area contributed by atoms with E-state index in [0.29, 0.717) is 0 Å². The Morgan fingerprint density at radius 1 is 0.867 bits per heavy atom. The first kappa shape index (κ1) is 14.3. The lowest BCUT2D eigenvalue weighted by atomic mass is 10.2. The minimum Gasteiger partial charge on any atom is -0.349 e. The van der Waals surface area contributed by atoms with Gasteiger partial charge in [0, 0.05) is 34.7 Å². The van der Waals surface area contributed by atoms with Crippen molar-refractivity contribution in [3.05, 3.63) is 0 Å². The minimum atomic E-state index is 0.954. The standard InChI is InChI=1S/C12H27N3/c1-6-7-8-9-10-11-13-12(14(2)3)15(4)5/h6-11H2,1-5H3. The lowest BCUT2D eigenvalue weighted by Gasteiger charge is -2.22. The third-order valence-electron chi connectivity index (χ3n) is 2.31. The van der Waals surface area contributed by atoms with Crippen LogP contribution < -0.4 is 0 Å². The Morgan fingerprint density at radius 3 is 1.87 bits per heavy atom. The normalized spacial score (nSPS) is 9.93. The summed E-state index contributed by atoms with van der Waals surface area (Å²) < 4.78 is 0. The van der Waals surface area contributed by atoms with Crippen LogP contribution in [0.5, 0.6) is 0 Å². The van der Waals surface area contributed by atoms with Crippen molar-refractivity contribution in [1.82, 2.24) is 9.80 Å². The highest BCUT2D eigenvalue weighted by molar-refractivity contribution is 5.79. The summed E-state index contributed by atoms with van der Waals surface area (Å²) in [6, 6.07) is 0. The van der Waals surface area contributed by atoms with Gasteiger partial charge in [0.2, 0.25) is 0 Å². The smallest absolute Gasteiger partial charge is 0.195 e. The van der Waals surface area contributed by atoms with E-state index in [-0.39, 0.29) is 0 Å². The van der Waals surface area contributed by atoms with Crippen molar-refractivity contribution >= 4 is 5.96 Å². The van der Waals surface area contributed by atoms with Gasteiger partial charge in [-0.2, -0.15) is 0 Å². The van der Waals surface area contributed by atoms with Crippen molar-refractivity contribution in [3.63, 3.8) is 0 Å². The summed E-state index contributed by atoms with van der Waals surface area (Å²) in [4.78, 5) is 8.71. The molecule has 0 aliphatic carbocycles. The van der Waals surface area contributed by atoms with Crippen molar-refractivity contribution < 1.29 is 0 Å². The van der Waals surface area contributed by atoms with Crippen LogP contribution in [0.2, 0.25) is 0 Å². The van der Waals surface area contributed by atoms with Crippen molar-refractivity contribution in [2.24, 2.45) is 4.99 Å². The average Bonchev–Trinajstić information content (AvgIpc) is 2.15. The van der Waals surface area contributed by atoms with Crippen LogP contribution in [-0.2, 0) is 0 Å². The Bertz CT molecular complexity index is 164. The van der Waals surface area contributed by atoms with Gasteiger partial charge in [-0.3, -0.25) is 4.99 Å². The molecule has 3 heteroatoms. The summed E-state index contributed by atoms with van der Waals surface area (Å²) in [5, 5.41) is 0. The van der Waals surface area contributed by atoms with Gasteiger partial charge in [0.15, 0.2) is 5.96 Å². The number of rotatable bonds is 6. The highest BCUT2D eigenvalue weighted by atomic mass is 15.3. The van der Waals surface area contributed by atoms with Gasteiger partial charge in [-0.15, -0.1) is 0 Å². The maximum atomic E-state index is 4.59. The summed E-state index contributed by atoms with van der Waals surface area (Å²) in [6.45, 7) is 3.20. The highest BCUT2D eigenvalue weighted by Gasteiger charge is 2.02. The zero-order valence-electron chi connectivity index (χ0n) is 11.1. The first-order chi connectivity index (χ1) is 7.09. The SMILES string of the molecule is CCCCCCCN=C(N(C)C)N(C)C. The fraction of sp³-hybridized carbons (Fsp3) is 0.917. The van der Waals surface area contributed by atoms with Crippen LogP contribution in [0.4, 0.5) is 0 Å². The van der Waals surface area contributed by atoms with Gasteiger partial charge in [-0.25, -0.2) is 0 Å². The predicted molar refractivity (Wildman–Crippen MR) is 68.4 cm³/mol. The van der Waals surface area contributed by atoms with Crippen LogP contribution in [0, 0.1) is 0 Å². The first-order valence-electron chi connectivity index (χ1n) is 5.98. The molecule has 0 saturated carbocycles. The molecule has 0 rings (SSSR count). The summed E-state index contributed by atoms with van der Waals surface area (Å²) in [7, 11) is 8.15. The molecule has 0 amide bonds. The van der Waals surface area contributed by atoms with Gasteiger partial charge in [-0.1, -0.05) is 32.6 Å². The molecule has 0 aliphatic heterocycles. The van der Waals surface area contributed by atoms with E-state index >= 15 is 0 Å². The number of hydrogen-bond donors (Lipinski definition) is 0. The number of aliphatic imine (C=N–C) groups is 1. The quantitative estimate of drug-likeness (QED) is 0.383. The van der Waals surface area contributed by atoms with Crippen molar-refractivity contribution in [1.29, 1.82) is 0 Å². The van der Waals surface area contributed by atoms with E-state index in [2.05, 4.69) is 21.7 Å². The van der Waals surface area contributed by atoms with E-state index in [1.54, 1.807) is 0 Å². The molecule has 0 fully saturated rings. The molecule has 0 radical (unpaired) electrons. The summed E-state index contributed by atoms with van der Waals surface area (Å²) in [6.07, 6.45) is 6.55. The van der Waals surface area contributed by atoms with E-state index in [1.807, 2.05) is 28.2 Å². The van der Waals surface area contributed by atoms with E-state index in [4.69, 9.17) is 0 Å². The molecule has 0 unspecified atom stereocenters. The van der Waals surface area contributed by atoms with Gasteiger partial charge in [0.05, 0.1) is 0 Å². The molecule has 0 saturated heterocycles. The zero-order valence-corrected chi connectivity index (χ0v) is 11.1. The van der Waals surface area contributed by atoms with Crippen LogP contribution in [0.3, 0.4) is 0 Å². The van der Waals surface area contributed by atoms with Crippen LogP contribution in [0.15, 0.2) is 4.99 Å². The number of hydrogen-bond acceptors (Lipinski definition) is 1. The second-order valence-electron chi connectivity index (χ2n) is 4.38. The third-order valence-corrected chi connectivity index (χ3v) is 2.31. The molecule has 0 aliphatic rings. The lowest BCUT2D eigenvalue weighted by molar-refractivity contribution is 0.478. The molecule has 3 nitrogen and oxygen atoms in total. The molecule has 15 heavy (non-hydrogen) atoms. The van der Waals surface area contributed by atoms with E-state index in [0.717, 1.165) is 12.5 Å². The molecule has 90 valence electrons. The van der Waals surface area contributed by atoms with Crippen molar-refractivity contribution in [2.75, 3.05) is 34.7 Å². The summed E-state index contributed by atoms with van der Waals surface area (Å²) >= 11 is 0. The van der Waals surface area contributed by atoms with E-state index in [9.17, 15) is 0 Å². The van der Waals surface area contributed by atoms with Crippen molar-refractivity contribution in [2.45, 2.75) is 39.0 Å². The molecule has 0 N–H and O–H groups in total. The van der Waals surface area contributed by atoms with E-state index < -0.39 is 0 Å². The predicted octanol–water partition coefficient (Wildman–Crippen LogP) is 2.44. The molecule has 0 atom stereocenters. The fourth-order valence-electron chi connectivity index (χ4n) is 1.58. The third kappa shape index (κ3) is 7.23. The maximum Gasteiger partial charge on any atom is 0.195 e. The van der Waals surface area contributed by atoms with Crippen LogP contribution in [0.25, 0.3) is 0 Å². The molecule has 0 aromatic rings. The Balaban J connectivity index is 3.71. The minimum absolute atomic E-state index is 0.954. The molecular weight excluding hydrogens is 186 g/mol. The summed E-state index contributed by atoms with van der Waals surface area (Å²) in [5.41, 5.74) is 0. The topological polar surface area (TPSA) is 18.8 Å². The van der Waals surface area contributed by atoms with Gasteiger partial charge in [0.1, 0.15) is 0 Å². The Kier molecular flexibility index (Phi) is 8.15. The molecule has 0 bridgehead atoms. The first-order valence-corrected chi connectivity index (χ1v) is 5.98. The monoisotopic (exact) mass is 213 g/mol. The average molecular weight is 213 g/mol. The number of nitrogens with zero attached hydrogens (tertiary/aromatic N) is 3. The van der Waals surface area contributed by atoms with Crippen LogP contribution in [-0.4, -0.2) is 50.5 Å². The lowest BCUT2D eigenvalue weighted by Crippen LogP contribution is -2.35. The maximum absolute atomic E-state index is 4.59. The Morgan fingerprint density at radius 2 is 1.40 bits per heavy atom. The second kappa shape index (κ2) is 8.57. The van der Waals surface area contributed by atoms with Gasteiger partial charge in [-0.05, 0) is 6.42 Å². The molecule has 0 spiro atoms. The Labute approximate surface area is 95.2 Å². The van der Waals surface area contributed by atoms with Gasteiger partial charge in [0.25, 0.3) is 0 Å². The zero-order chi connectivity index (χ0) is 11.7. The van der Waals surface area contributed by atoms with Crippen LogP contribution in [0.1, 0.15) is 39.0 Å². The highest BCUT2D eigenvalue weighted by Crippen LogP contribution is 2.02. The van der Waals surface area contributed by atoms with Crippen molar-refractivity contribution in [3.8, 4) is 0 Å².